The fourth-order valence-corrected chi connectivity index (χ4v) is 2.51. The zero-order valence-electron chi connectivity index (χ0n) is 11.5. The van der Waals surface area contributed by atoms with Crippen LogP contribution >= 0.6 is 28.1 Å². The van der Waals surface area contributed by atoms with E-state index in [1.807, 2.05) is 49.4 Å². The summed E-state index contributed by atoms with van der Waals surface area (Å²) >= 11 is 8.27. The number of nitrogens with one attached hydrogen (secondary N) is 1. The van der Waals surface area contributed by atoms with Crippen LogP contribution in [0.25, 0.3) is 0 Å². The van der Waals surface area contributed by atoms with Gasteiger partial charge in [0, 0.05) is 16.6 Å². The van der Waals surface area contributed by atoms with E-state index in [0.717, 1.165) is 21.3 Å². The van der Waals surface area contributed by atoms with E-state index >= 15 is 0 Å². The molecule has 3 nitrogen and oxygen atoms in total. The van der Waals surface area contributed by atoms with E-state index in [9.17, 15) is 4.79 Å². The van der Waals surface area contributed by atoms with Crippen LogP contribution in [-0.2, 0) is 6.42 Å². The average Bonchev–Trinajstić information content (AvgIpc) is 2.43. The molecule has 0 aromatic heterocycles. The van der Waals surface area contributed by atoms with Gasteiger partial charge in [-0.25, -0.2) is 0 Å². The second kappa shape index (κ2) is 6.83. The number of carbonyl (C=O) groups excluding carboxylic acids is 1. The molecule has 1 amide bonds. The number of amides is 1. The van der Waals surface area contributed by atoms with E-state index in [2.05, 4.69) is 21.2 Å². The van der Waals surface area contributed by atoms with Crippen molar-refractivity contribution < 1.29 is 4.79 Å². The molecule has 0 saturated heterocycles. The van der Waals surface area contributed by atoms with Gasteiger partial charge < -0.3 is 11.1 Å². The molecule has 0 unspecified atom stereocenters. The predicted octanol–water partition coefficient (Wildman–Crippen LogP) is 3.84. The summed E-state index contributed by atoms with van der Waals surface area (Å²) in [7, 11) is 0. The highest BCUT2D eigenvalue weighted by molar-refractivity contribution is 9.10. The van der Waals surface area contributed by atoms with E-state index in [1.165, 1.54) is 0 Å². The summed E-state index contributed by atoms with van der Waals surface area (Å²) < 4.78 is 0.774. The third kappa shape index (κ3) is 4.37. The van der Waals surface area contributed by atoms with Crippen LogP contribution in [0.5, 0.6) is 0 Å². The molecule has 0 radical (unpaired) electrons. The molecule has 108 valence electrons. The highest BCUT2D eigenvalue weighted by Gasteiger charge is 2.10. The molecule has 0 heterocycles. The molecule has 0 aliphatic heterocycles. The number of carbonyl (C=O) groups is 1. The van der Waals surface area contributed by atoms with Gasteiger partial charge in [0.2, 0.25) is 0 Å². The third-order valence-electron chi connectivity index (χ3n) is 2.96. The summed E-state index contributed by atoms with van der Waals surface area (Å²) in [5.74, 6) is -0.146. The Labute approximate surface area is 137 Å². The minimum absolute atomic E-state index is 0.146. The Morgan fingerprint density at radius 1 is 1.24 bits per heavy atom. The maximum absolute atomic E-state index is 12.3. The largest absolute Gasteiger partial charge is 0.393 e. The van der Waals surface area contributed by atoms with Crippen LogP contribution in [0.2, 0.25) is 0 Å². The lowest BCUT2D eigenvalue weighted by atomic mass is 10.1. The van der Waals surface area contributed by atoms with Gasteiger partial charge in [-0.3, -0.25) is 4.79 Å². The Balaban J connectivity index is 2.12. The third-order valence-corrected chi connectivity index (χ3v) is 3.79. The number of rotatable bonds is 4. The topological polar surface area (TPSA) is 55.1 Å². The highest BCUT2D eigenvalue weighted by Crippen LogP contribution is 2.20. The van der Waals surface area contributed by atoms with Gasteiger partial charge in [0.1, 0.15) is 0 Å². The van der Waals surface area contributed by atoms with Crippen LogP contribution in [0.15, 0.2) is 46.9 Å². The summed E-state index contributed by atoms with van der Waals surface area (Å²) in [6.45, 7) is 1.95. The molecule has 21 heavy (non-hydrogen) atoms. The number of thiocarbonyl (C=S) groups is 1. The van der Waals surface area contributed by atoms with Gasteiger partial charge in [0.15, 0.2) is 0 Å². The summed E-state index contributed by atoms with van der Waals surface area (Å²) in [4.78, 5) is 12.7. The van der Waals surface area contributed by atoms with Crippen LogP contribution in [0.3, 0.4) is 0 Å². The Hall–Kier alpha value is -1.72. The lowest BCUT2D eigenvalue weighted by Gasteiger charge is -2.08. The lowest BCUT2D eigenvalue weighted by molar-refractivity contribution is 0.102. The molecule has 0 aliphatic carbocycles. The van der Waals surface area contributed by atoms with Crippen molar-refractivity contribution in [3.63, 3.8) is 0 Å². The number of benzene rings is 2. The van der Waals surface area contributed by atoms with Crippen molar-refractivity contribution in [2.75, 3.05) is 5.32 Å². The SMILES string of the molecule is Cc1ccc(Br)c(C(=O)Nc2ccc(CC(N)=S)cc2)c1. The highest BCUT2D eigenvalue weighted by atomic mass is 79.9. The van der Waals surface area contributed by atoms with E-state index in [0.29, 0.717) is 17.0 Å². The van der Waals surface area contributed by atoms with Crippen molar-refractivity contribution in [2.45, 2.75) is 13.3 Å². The van der Waals surface area contributed by atoms with E-state index in [-0.39, 0.29) is 5.91 Å². The van der Waals surface area contributed by atoms with Crippen LogP contribution in [0.4, 0.5) is 5.69 Å². The minimum atomic E-state index is -0.146. The molecule has 2 aromatic rings. The maximum atomic E-state index is 12.3. The molecule has 0 fully saturated rings. The van der Waals surface area contributed by atoms with E-state index in [4.69, 9.17) is 18.0 Å². The summed E-state index contributed by atoms with van der Waals surface area (Å²) in [5.41, 5.74) is 8.92. The van der Waals surface area contributed by atoms with Crippen molar-refractivity contribution in [3.05, 3.63) is 63.6 Å². The molecule has 3 N–H and O–H groups in total. The Bertz CT molecular complexity index is 683. The van der Waals surface area contributed by atoms with Crippen molar-refractivity contribution in [3.8, 4) is 0 Å². The molecule has 0 aliphatic rings. The standard InChI is InChI=1S/C16H15BrN2OS/c1-10-2-7-14(17)13(8-10)16(20)19-12-5-3-11(4-6-12)9-15(18)21/h2-8H,9H2,1H3,(H2,18,21)(H,19,20). The van der Waals surface area contributed by atoms with Gasteiger partial charge in [0.05, 0.1) is 10.6 Å². The Morgan fingerprint density at radius 2 is 1.90 bits per heavy atom. The van der Waals surface area contributed by atoms with Gasteiger partial charge in [-0.2, -0.15) is 0 Å². The quantitative estimate of drug-likeness (QED) is 0.812. The first kappa shape index (κ1) is 15.7. The van der Waals surface area contributed by atoms with Crippen molar-refractivity contribution >= 4 is 44.7 Å². The summed E-state index contributed by atoms with van der Waals surface area (Å²) in [6.07, 6.45) is 0.562. The normalized spacial score (nSPS) is 10.2. The van der Waals surface area contributed by atoms with Crippen molar-refractivity contribution in [1.82, 2.24) is 0 Å². The smallest absolute Gasteiger partial charge is 0.256 e. The first-order chi connectivity index (χ1) is 9.95. The van der Waals surface area contributed by atoms with Gasteiger partial charge in [-0.1, -0.05) is 36.0 Å². The molecule has 0 spiro atoms. The second-order valence-corrected chi connectivity index (χ2v) is 6.16. The zero-order valence-corrected chi connectivity index (χ0v) is 13.9. The molecule has 0 bridgehead atoms. The Morgan fingerprint density at radius 3 is 2.52 bits per heavy atom. The minimum Gasteiger partial charge on any atom is -0.393 e. The van der Waals surface area contributed by atoms with Gasteiger partial charge in [-0.15, -0.1) is 0 Å². The monoisotopic (exact) mass is 362 g/mol. The number of hydrogen-bond acceptors (Lipinski definition) is 2. The van der Waals surface area contributed by atoms with Crippen LogP contribution in [-0.4, -0.2) is 10.9 Å². The first-order valence-corrected chi connectivity index (χ1v) is 7.60. The predicted molar refractivity (Wildman–Crippen MR) is 93.8 cm³/mol. The average molecular weight is 363 g/mol. The molecule has 2 aromatic carbocycles. The first-order valence-electron chi connectivity index (χ1n) is 6.40. The van der Waals surface area contributed by atoms with Crippen LogP contribution in [0.1, 0.15) is 21.5 Å². The molecule has 0 saturated carbocycles. The molecular weight excluding hydrogens is 348 g/mol. The number of halogens is 1. The van der Waals surface area contributed by atoms with Crippen molar-refractivity contribution in [1.29, 1.82) is 0 Å². The molecule has 2 rings (SSSR count). The van der Waals surface area contributed by atoms with Crippen molar-refractivity contribution in [2.24, 2.45) is 5.73 Å². The van der Waals surface area contributed by atoms with E-state index in [1.54, 1.807) is 0 Å². The summed E-state index contributed by atoms with van der Waals surface area (Å²) in [5, 5.41) is 2.87. The fourth-order valence-electron chi connectivity index (χ4n) is 1.92. The molecular formula is C16H15BrN2OS. The van der Waals surface area contributed by atoms with Gasteiger partial charge in [0.25, 0.3) is 5.91 Å². The van der Waals surface area contributed by atoms with Crippen LogP contribution in [0, 0.1) is 6.92 Å². The maximum Gasteiger partial charge on any atom is 0.256 e. The Kier molecular flexibility index (Phi) is 5.09. The molecule has 5 heteroatoms. The number of nitrogens with two attached hydrogens (primary N) is 1. The van der Waals surface area contributed by atoms with Gasteiger partial charge in [-0.05, 0) is 52.7 Å². The fraction of sp³-hybridized carbons (Fsp3) is 0.125. The zero-order chi connectivity index (χ0) is 15.4. The van der Waals surface area contributed by atoms with Gasteiger partial charge >= 0.3 is 0 Å². The van der Waals surface area contributed by atoms with E-state index < -0.39 is 0 Å². The lowest BCUT2D eigenvalue weighted by Crippen LogP contribution is -2.13. The molecule has 0 atom stereocenters. The van der Waals surface area contributed by atoms with Crippen LogP contribution < -0.4 is 11.1 Å². The second-order valence-electron chi connectivity index (χ2n) is 4.78. The number of aryl methyl sites for hydroxylation is 1. The summed E-state index contributed by atoms with van der Waals surface area (Å²) in [6, 6.07) is 13.2. The number of hydrogen-bond donors (Lipinski definition) is 2. The number of anilines is 1.